The van der Waals surface area contributed by atoms with Crippen molar-refractivity contribution in [1.82, 2.24) is 14.8 Å². The molecule has 0 saturated carbocycles. The first-order valence-electron chi connectivity index (χ1n) is 12.6. The quantitative estimate of drug-likeness (QED) is 0.239. The molecule has 1 heterocycles. The summed E-state index contributed by atoms with van der Waals surface area (Å²) in [5.74, 6) is 1.63. The van der Waals surface area contributed by atoms with E-state index >= 15 is 0 Å². The van der Waals surface area contributed by atoms with Gasteiger partial charge in [0.05, 0.1) is 12.4 Å². The van der Waals surface area contributed by atoms with Crippen LogP contribution in [0.4, 0.5) is 11.4 Å². The normalized spacial score (nSPS) is 10.8. The Bertz CT molecular complexity index is 1300. The van der Waals surface area contributed by atoms with E-state index in [2.05, 4.69) is 53.3 Å². The standard InChI is InChI=1S/C29H33N5O2S/c1-5-33(6-2)24-14-12-23(13-15-24)30-27(35)20-37-29-32-31-28(22-10-8-21(4)9-11-22)34(29)25-16-18-26(19-17-25)36-7-3/h8-19H,5-7,20H2,1-4H3,(H,30,35). The molecule has 4 aromatic rings. The van der Waals surface area contributed by atoms with Crippen LogP contribution in [-0.4, -0.2) is 46.1 Å². The molecule has 37 heavy (non-hydrogen) atoms. The second kappa shape index (κ2) is 12.5. The molecule has 1 aromatic heterocycles. The van der Waals surface area contributed by atoms with Crippen molar-refractivity contribution in [2.75, 3.05) is 35.7 Å². The third-order valence-corrected chi connectivity index (χ3v) is 6.89. The maximum atomic E-state index is 12.8. The molecule has 3 aromatic carbocycles. The Labute approximate surface area is 222 Å². The minimum absolute atomic E-state index is 0.0984. The molecule has 0 bridgehead atoms. The van der Waals surface area contributed by atoms with Crippen LogP contribution in [0, 0.1) is 6.92 Å². The van der Waals surface area contributed by atoms with Crippen LogP contribution in [0.5, 0.6) is 5.75 Å². The summed E-state index contributed by atoms with van der Waals surface area (Å²) in [5, 5.41) is 12.6. The first kappa shape index (κ1) is 26.3. The molecule has 0 saturated heterocycles. The van der Waals surface area contributed by atoms with Gasteiger partial charge < -0.3 is 15.0 Å². The molecular weight excluding hydrogens is 482 g/mol. The summed E-state index contributed by atoms with van der Waals surface area (Å²) in [4.78, 5) is 15.0. The van der Waals surface area contributed by atoms with Crippen LogP contribution in [0.25, 0.3) is 17.1 Å². The molecule has 0 aliphatic rings. The topological polar surface area (TPSA) is 72.3 Å². The zero-order valence-corrected chi connectivity index (χ0v) is 22.6. The lowest BCUT2D eigenvalue weighted by molar-refractivity contribution is -0.113. The van der Waals surface area contributed by atoms with Crippen LogP contribution in [0.3, 0.4) is 0 Å². The van der Waals surface area contributed by atoms with Gasteiger partial charge in [-0.05, 0) is 76.2 Å². The van der Waals surface area contributed by atoms with Crippen molar-refractivity contribution < 1.29 is 9.53 Å². The highest BCUT2D eigenvalue weighted by Crippen LogP contribution is 2.29. The van der Waals surface area contributed by atoms with Gasteiger partial charge in [-0.3, -0.25) is 9.36 Å². The van der Waals surface area contributed by atoms with E-state index in [1.165, 1.54) is 17.3 Å². The zero-order valence-electron chi connectivity index (χ0n) is 21.8. The molecule has 192 valence electrons. The number of aryl methyl sites for hydroxylation is 1. The van der Waals surface area contributed by atoms with E-state index in [1.54, 1.807) is 0 Å². The predicted molar refractivity (Wildman–Crippen MR) is 152 cm³/mol. The molecule has 7 nitrogen and oxygen atoms in total. The predicted octanol–water partition coefficient (Wildman–Crippen LogP) is 6.22. The smallest absolute Gasteiger partial charge is 0.234 e. The van der Waals surface area contributed by atoms with Crippen LogP contribution in [0.2, 0.25) is 0 Å². The summed E-state index contributed by atoms with van der Waals surface area (Å²) in [7, 11) is 0. The largest absolute Gasteiger partial charge is 0.494 e. The number of benzene rings is 3. The molecular formula is C29H33N5O2S. The van der Waals surface area contributed by atoms with E-state index in [4.69, 9.17) is 4.74 Å². The Hall–Kier alpha value is -3.78. The molecule has 0 unspecified atom stereocenters. The number of carbonyl (C=O) groups is 1. The summed E-state index contributed by atoms with van der Waals surface area (Å²) >= 11 is 1.36. The SMILES string of the molecule is CCOc1ccc(-n2c(SCC(=O)Nc3ccc(N(CC)CC)cc3)nnc2-c2ccc(C)cc2)cc1. The summed E-state index contributed by atoms with van der Waals surface area (Å²) in [5.41, 5.74) is 4.95. The van der Waals surface area contributed by atoms with Crippen molar-refractivity contribution >= 4 is 29.0 Å². The minimum Gasteiger partial charge on any atom is -0.494 e. The van der Waals surface area contributed by atoms with Crippen molar-refractivity contribution in [3.8, 4) is 22.8 Å². The number of carbonyl (C=O) groups excluding carboxylic acids is 1. The monoisotopic (exact) mass is 515 g/mol. The Morgan fingerprint density at radius 1 is 0.919 bits per heavy atom. The van der Waals surface area contributed by atoms with E-state index in [1.807, 2.05) is 72.2 Å². The Morgan fingerprint density at radius 3 is 2.22 bits per heavy atom. The molecule has 0 atom stereocenters. The molecule has 4 rings (SSSR count). The van der Waals surface area contributed by atoms with Crippen molar-refractivity contribution in [3.05, 3.63) is 78.4 Å². The summed E-state index contributed by atoms with van der Waals surface area (Å²) in [6.45, 7) is 10.8. The fourth-order valence-corrected chi connectivity index (χ4v) is 4.77. The number of anilines is 2. The van der Waals surface area contributed by atoms with Crippen molar-refractivity contribution in [3.63, 3.8) is 0 Å². The van der Waals surface area contributed by atoms with E-state index < -0.39 is 0 Å². The number of hydrogen-bond acceptors (Lipinski definition) is 6. The molecule has 1 amide bonds. The number of rotatable bonds is 11. The fraction of sp³-hybridized carbons (Fsp3) is 0.276. The third-order valence-electron chi connectivity index (χ3n) is 5.96. The van der Waals surface area contributed by atoms with E-state index in [0.29, 0.717) is 11.8 Å². The van der Waals surface area contributed by atoms with Crippen molar-refractivity contribution in [1.29, 1.82) is 0 Å². The van der Waals surface area contributed by atoms with Crippen LogP contribution >= 0.6 is 11.8 Å². The third kappa shape index (κ3) is 6.51. The van der Waals surface area contributed by atoms with Gasteiger partial charge in [-0.1, -0.05) is 41.6 Å². The number of nitrogens with one attached hydrogen (secondary N) is 1. The molecule has 1 N–H and O–H groups in total. The Balaban J connectivity index is 1.52. The van der Waals surface area contributed by atoms with Gasteiger partial charge in [-0.2, -0.15) is 0 Å². The average Bonchev–Trinajstić information content (AvgIpc) is 3.34. The second-order valence-electron chi connectivity index (χ2n) is 8.49. The molecule has 0 aliphatic carbocycles. The van der Waals surface area contributed by atoms with E-state index in [-0.39, 0.29) is 11.7 Å². The number of thioether (sulfide) groups is 1. The summed E-state index contributed by atoms with van der Waals surface area (Å²) in [6, 6.07) is 23.9. The van der Waals surface area contributed by atoms with E-state index in [9.17, 15) is 4.79 Å². The average molecular weight is 516 g/mol. The van der Waals surface area contributed by atoms with Gasteiger partial charge in [0.15, 0.2) is 11.0 Å². The lowest BCUT2D eigenvalue weighted by Crippen LogP contribution is -2.21. The van der Waals surface area contributed by atoms with Gasteiger partial charge in [-0.25, -0.2) is 0 Å². The van der Waals surface area contributed by atoms with Gasteiger partial charge in [0.2, 0.25) is 5.91 Å². The Morgan fingerprint density at radius 2 is 1.59 bits per heavy atom. The molecule has 0 spiro atoms. The molecule has 0 radical (unpaired) electrons. The van der Waals surface area contributed by atoms with Crippen LogP contribution in [0.1, 0.15) is 26.3 Å². The molecule has 0 fully saturated rings. The fourth-order valence-electron chi connectivity index (χ4n) is 4.02. The first-order valence-corrected chi connectivity index (χ1v) is 13.5. The van der Waals surface area contributed by atoms with Gasteiger partial charge in [0.25, 0.3) is 0 Å². The van der Waals surface area contributed by atoms with Crippen molar-refractivity contribution in [2.24, 2.45) is 0 Å². The number of amides is 1. The van der Waals surface area contributed by atoms with Crippen molar-refractivity contribution in [2.45, 2.75) is 32.9 Å². The lowest BCUT2D eigenvalue weighted by Gasteiger charge is -2.21. The van der Waals surface area contributed by atoms with E-state index in [0.717, 1.165) is 47.3 Å². The lowest BCUT2D eigenvalue weighted by atomic mass is 10.1. The van der Waals surface area contributed by atoms with Gasteiger partial charge in [0.1, 0.15) is 5.75 Å². The summed E-state index contributed by atoms with van der Waals surface area (Å²) < 4.78 is 7.59. The Kier molecular flexibility index (Phi) is 8.85. The maximum absolute atomic E-state index is 12.8. The highest BCUT2D eigenvalue weighted by Gasteiger charge is 2.18. The number of ether oxygens (including phenoxy) is 1. The number of hydrogen-bond donors (Lipinski definition) is 1. The minimum atomic E-state index is -0.0984. The highest BCUT2D eigenvalue weighted by atomic mass is 32.2. The number of aromatic nitrogens is 3. The van der Waals surface area contributed by atoms with Crippen LogP contribution < -0.4 is 15.0 Å². The van der Waals surface area contributed by atoms with Crippen LogP contribution in [0.15, 0.2) is 78.0 Å². The van der Waals surface area contributed by atoms with Gasteiger partial charge >= 0.3 is 0 Å². The van der Waals surface area contributed by atoms with Crippen LogP contribution in [-0.2, 0) is 4.79 Å². The highest BCUT2D eigenvalue weighted by molar-refractivity contribution is 7.99. The number of nitrogens with zero attached hydrogens (tertiary/aromatic N) is 4. The molecule has 8 heteroatoms. The first-order chi connectivity index (χ1) is 18.0. The van der Waals surface area contributed by atoms with Gasteiger partial charge in [-0.15, -0.1) is 10.2 Å². The summed E-state index contributed by atoms with van der Waals surface area (Å²) in [6.07, 6.45) is 0. The van der Waals surface area contributed by atoms with Gasteiger partial charge in [0, 0.05) is 35.7 Å². The zero-order chi connectivity index (χ0) is 26.2. The second-order valence-corrected chi connectivity index (χ2v) is 9.43. The molecule has 0 aliphatic heterocycles. The maximum Gasteiger partial charge on any atom is 0.234 e.